The van der Waals surface area contributed by atoms with Gasteiger partial charge in [0, 0.05) is 6.54 Å². The Kier molecular flexibility index (Phi) is 6.46. The number of nitrogens with one attached hydrogen (secondary N) is 1. The molecule has 1 aliphatic carbocycles. The van der Waals surface area contributed by atoms with E-state index in [4.69, 9.17) is 5.73 Å². The molecule has 0 aliphatic heterocycles. The van der Waals surface area contributed by atoms with Crippen LogP contribution < -0.4 is 11.1 Å². The van der Waals surface area contributed by atoms with Crippen LogP contribution in [0.1, 0.15) is 30.4 Å². The zero-order valence-corrected chi connectivity index (χ0v) is 13.2. The predicted molar refractivity (Wildman–Crippen MR) is 87.3 cm³/mol. The van der Waals surface area contributed by atoms with Gasteiger partial charge in [0.05, 0.1) is 6.54 Å². The molecule has 100 valence electrons. The number of guanidine groups is 1. The lowest BCUT2D eigenvalue weighted by molar-refractivity contribution is 0.315. The molecule has 0 saturated heterocycles. The van der Waals surface area contributed by atoms with Crippen molar-refractivity contribution in [1.29, 1.82) is 0 Å². The van der Waals surface area contributed by atoms with E-state index in [9.17, 15) is 0 Å². The molecule has 1 fully saturated rings. The molecule has 1 aromatic rings. The summed E-state index contributed by atoms with van der Waals surface area (Å²) in [4.78, 5) is 4.35. The monoisotopic (exact) mass is 359 g/mol. The van der Waals surface area contributed by atoms with Crippen molar-refractivity contribution in [2.75, 3.05) is 6.54 Å². The molecular weight excluding hydrogens is 337 g/mol. The lowest BCUT2D eigenvalue weighted by Crippen LogP contribution is -2.37. The van der Waals surface area contributed by atoms with Gasteiger partial charge >= 0.3 is 0 Å². The molecule has 1 saturated carbocycles. The van der Waals surface area contributed by atoms with E-state index >= 15 is 0 Å². The van der Waals surface area contributed by atoms with Crippen molar-refractivity contribution in [3.8, 4) is 0 Å². The number of nitrogens with zero attached hydrogens (tertiary/aromatic N) is 1. The van der Waals surface area contributed by atoms with Gasteiger partial charge in [0.25, 0.3) is 0 Å². The average molecular weight is 359 g/mol. The van der Waals surface area contributed by atoms with E-state index < -0.39 is 0 Å². The van der Waals surface area contributed by atoms with Crippen molar-refractivity contribution in [1.82, 2.24) is 5.32 Å². The van der Waals surface area contributed by atoms with Crippen molar-refractivity contribution in [2.45, 2.75) is 32.7 Å². The normalized spacial score (nSPS) is 15.7. The molecule has 0 spiro atoms. The van der Waals surface area contributed by atoms with Crippen LogP contribution in [-0.4, -0.2) is 12.5 Å². The van der Waals surface area contributed by atoms with Crippen LogP contribution in [0, 0.1) is 12.8 Å². The van der Waals surface area contributed by atoms with E-state index in [1.54, 1.807) is 0 Å². The molecule has 3 nitrogen and oxygen atoms in total. The van der Waals surface area contributed by atoms with Crippen LogP contribution in [0.4, 0.5) is 0 Å². The fraction of sp³-hybridized carbons (Fsp3) is 0.500. The van der Waals surface area contributed by atoms with Gasteiger partial charge in [-0.1, -0.05) is 36.2 Å². The van der Waals surface area contributed by atoms with Gasteiger partial charge in [-0.2, -0.15) is 0 Å². The molecule has 3 N–H and O–H groups in total. The second kappa shape index (κ2) is 7.61. The molecule has 0 atom stereocenters. The number of nitrogens with two attached hydrogens (primary N) is 1. The lowest BCUT2D eigenvalue weighted by Gasteiger charge is -2.25. The Bertz CT molecular complexity index is 400. The predicted octanol–water partition coefficient (Wildman–Crippen LogP) is 2.82. The minimum atomic E-state index is 0. The van der Waals surface area contributed by atoms with Crippen molar-refractivity contribution in [2.24, 2.45) is 16.6 Å². The van der Waals surface area contributed by atoms with Crippen molar-refractivity contribution >= 4 is 29.9 Å². The van der Waals surface area contributed by atoms with Crippen LogP contribution in [-0.2, 0) is 6.54 Å². The Morgan fingerprint density at radius 3 is 2.83 bits per heavy atom. The van der Waals surface area contributed by atoms with Crippen LogP contribution in [0.5, 0.6) is 0 Å². The third-order valence-electron chi connectivity index (χ3n) is 3.31. The quantitative estimate of drug-likeness (QED) is 0.494. The summed E-state index contributed by atoms with van der Waals surface area (Å²) in [6.07, 6.45) is 4.03. The minimum Gasteiger partial charge on any atom is -0.370 e. The summed E-state index contributed by atoms with van der Waals surface area (Å²) in [6.45, 7) is 3.72. The van der Waals surface area contributed by atoms with Gasteiger partial charge in [0.2, 0.25) is 0 Å². The van der Waals surface area contributed by atoms with E-state index in [1.807, 2.05) is 0 Å². The summed E-state index contributed by atoms with van der Waals surface area (Å²) >= 11 is 0. The third kappa shape index (κ3) is 4.84. The van der Waals surface area contributed by atoms with Gasteiger partial charge in [0.15, 0.2) is 5.96 Å². The first kappa shape index (κ1) is 15.3. The average Bonchev–Trinajstić information content (AvgIpc) is 2.24. The highest BCUT2D eigenvalue weighted by Gasteiger charge is 2.16. The summed E-state index contributed by atoms with van der Waals surface area (Å²) in [6, 6.07) is 8.36. The first-order chi connectivity index (χ1) is 8.24. The maximum atomic E-state index is 5.83. The molecule has 0 radical (unpaired) electrons. The molecule has 0 bridgehead atoms. The maximum absolute atomic E-state index is 5.83. The summed E-state index contributed by atoms with van der Waals surface area (Å²) in [5.41, 5.74) is 8.30. The Hall–Kier alpha value is -0.780. The molecule has 1 aromatic carbocycles. The first-order valence-corrected chi connectivity index (χ1v) is 6.33. The fourth-order valence-electron chi connectivity index (χ4n) is 1.99. The molecule has 18 heavy (non-hydrogen) atoms. The van der Waals surface area contributed by atoms with E-state index in [2.05, 4.69) is 41.5 Å². The van der Waals surface area contributed by atoms with Crippen LogP contribution >= 0.6 is 24.0 Å². The largest absolute Gasteiger partial charge is 0.370 e. The van der Waals surface area contributed by atoms with E-state index in [0.717, 1.165) is 12.5 Å². The summed E-state index contributed by atoms with van der Waals surface area (Å²) in [5.74, 6) is 1.38. The van der Waals surface area contributed by atoms with E-state index in [0.29, 0.717) is 12.5 Å². The second-order valence-electron chi connectivity index (χ2n) is 4.87. The fourth-order valence-corrected chi connectivity index (χ4v) is 1.99. The molecule has 1 aliphatic rings. The molecule has 0 unspecified atom stereocenters. The molecule has 0 heterocycles. The van der Waals surface area contributed by atoms with Gasteiger partial charge < -0.3 is 11.1 Å². The molecule has 0 amide bonds. The van der Waals surface area contributed by atoms with Gasteiger partial charge in [-0.25, -0.2) is 4.99 Å². The SMILES string of the molecule is Cc1cccc(CN=C(N)NCC2CCC2)c1.I. The first-order valence-electron chi connectivity index (χ1n) is 6.33. The Morgan fingerprint density at radius 2 is 2.22 bits per heavy atom. The topological polar surface area (TPSA) is 50.4 Å². The number of benzene rings is 1. The summed E-state index contributed by atoms with van der Waals surface area (Å²) in [5, 5.41) is 3.20. The van der Waals surface area contributed by atoms with Crippen molar-refractivity contribution < 1.29 is 0 Å². The molecule has 0 aromatic heterocycles. The zero-order chi connectivity index (χ0) is 12.1. The summed E-state index contributed by atoms with van der Waals surface area (Å²) < 4.78 is 0. The van der Waals surface area contributed by atoms with E-state index in [1.165, 1.54) is 30.4 Å². The van der Waals surface area contributed by atoms with Gasteiger partial charge in [-0.3, -0.25) is 0 Å². The molecular formula is C14H22IN3. The van der Waals surface area contributed by atoms with Crippen LogP contribution in [0.2, 0.25) is 0 Å². The van der Waals surface area contributed by atoms with Crippen LogP contribution in [0.15, 0.2) is 29.3 Å². The number of halogens is 1. The lowest BCUT2D eigenvalue weighted by atomic mass is 9.85. The van der Waals surface area contributed by atoms with Crippen molar-refractivity contribution in [3.05, 3.63) is 35.4 Å². The number of hydrogen-bond donors (Lipinski definition) is 2. The Labute approximate surface area is 126 Å². The smallest absolute Gasteiger partial charge is 0.188 e. The number of aliphatic imine (C=N–C) groups is 1. The van der Waals surface area contributed by atoms with Gasteiger partial charge in [-0.05, 0) is 31.2 Å². The Balaban J connectivity index is 0.00000162. The standard InChI is InChI=1S/C14H21N3.HI/c1-11-4-2-7-13(8-11)10-17-14(15)16-9-12-5-3-6-12;/h2,4,7-8,12H,3,5-6,9-10H2,1H3,(H3,15,16,17);1H. The third-order valence-corrected chi connectivity index (χ3v) is 3.31. The Morgan fingerprint density at radius 1 is 1.44 bits per heavy atom. The second-order valence-corrected chi connectivity index (χ2v) is 4.87. The highest BCUT2D eigenvalue weighted by Crippen LogP contribution is 2.24. The van der Waals surface area contributed by atoms with Crippen LogP contribution in [0.25, 0.3) is 0 Å². The number of rotatable bonds is 4. The molecule has 4 heteroatoms. The number of aryl methyl sites for hydroxylation is 1. The summed E-state index contributed by atoms with van der Waals surface area (Å²) in [7, 11) is 0. The van der Waals surface area contributed by atoms with E-state index in [-0.39, 0.29) is 24.0 Å². The van der Waals surface area contributed by atoms with Gasteiger partial charge in [0.1, 0.15) is 0 Å². The maximum Gasteiger partial charge on any atom is 0.188 e. The van der Waals surface area contributed by atoms with Crippen LogP contribution in [0.3, 0.4) is 0 Å². The number of hydrogen-bond acceptors (Lipinski definition) is 1. The zero-order valence-electron chi connectivity index (χ0n) is 10.9. The highest BCUT2D eigenvalue weighted by atomic mass is 127. The molecule has 2 rings (SSSR count). The van der Waals surface area contributed by atoms with Gasteiger partial charge in [-0.15, -0.1) is 24.0 Å². The highest BCUT2D eigenvalue weighted by molar-refractivity contribution is 14.0. The minimum absolute atomic E-state index is 0. The van der Waals surface area contributed by atoms with Crippen molar-refractivity contribution in [3.63, 3.8) is 0 Å².